The molecule has 0 aliphatic rings. The molecule has 0 atom stereocenters. The number of nitrogen functional groups attached to an aromatic ring is 1. The number of rotatable bonds is 8. The van der Waals surface area contributed by atoms with Crippen molar-refractivity contribution in [3.8, 4) is 0 Å². The summed E-state index contributed by atoms with van der Waals surface area (Å²) in [6.45, 7) is 0.743. The molecule has 0 aromatic heterocycles. The fraction of sp³-hybridized carbons (Fsp3) is 0.417. The van der Waals surface area contributed by atoms with Crippen LogP contribution in [0.4, 0.5) is 5.69 Å². The number of hydrogen-bond donors (Lipinski definition) is 3. The van der Waals surface area contributed by atoms with E-state index in [9.17, 15) is 13.2 Å². The van der Waals surface area contributed by atoms with E-state index in [2.05, 4.69) is 10.0 Å². The molecule has 0 spiro atoms. The van der Waals surface area contributed by atoms with Gasteiger partial charge in [-0.3, -0.25) is 4.79 Å². The highest BCUT2D eigenvalue weighted by Gasteiger charge is 2.17. The number of sulfonamides is 1. The molecule has 4 N–H and O–H groups in total. The van der Waals surface area contributed by atoms with Gasteiger partial charge in [0.25, 0.3) is 0 Å². The molecule has 0 aliphatic heterocycles. The van der Waals surface area contributed by atoms with Gasteiger partial charge in [-0.05, 0) is 18.2 Å². The molecule has 1 aromatic carbocycles. The zero-order chi connectivity index (χ0) is 15.9. The molecule has 1 amide bonds. The minimum atomic E-state index is -3.80. The van der Waals surface area contributed by atoms with Gasteiger partial charge in [0.05, 0.1) is 12.3 Å². The zero-order valence-corrected chi connectivity index (χ0v) is 13.1. The minimum Gasteiger partial charge on any atom is -0.398 e. The number of halogens is 1. The van der Waals surface area contributed by atoms with Crippen molar-refractivity contribution in [1.82, 2.24) is 10.0 Å². The van der Waals surface area contributed by atoms with Gasteiger partial charge in [0.2, 0.25) is 15.9 Å². The Morgan fingerprint density at radius 2 is 2.10 bits per heavy atom. The average molecular weight is 336 g/mol. The summed E-state index contributed by atoms with van der Waals surface area (Å²) in [5, 5.41) is 2.85. The van der Waals surface area contributed by atoms with Gasteiger partial charge in [0.15, 0.2) is 0 Å². The van der Waals surface area contributed by atoms with Gasteiger partial charge in [-0.15, -0.1) is 0 Å². The summed E-state index contributed by atoms with van der Waals surface area (Å²) in [6, 6.07) is 4.17. The van der Waals surface area contributed by atoms with Crippen LogP contribution in [0, 0.1) is 0 Å². The van der Waals surface area contributed by atoms with E-state index in [1.165, 1.54) is 25.3 Å². The number of nitrogens with one attached hydrogen (secondary N) is 2. The van der Waals surface area contributed by atoms with Gasteiger partial charge >= 0.3 is 0 Å². The summed E-state index contributed by atoms with van der Waals surface area (Å²) in [4.78, 5) is 11.3. The highest BCUT2D eigenvalue weighted by molar-refractivity contribution is 7.89. The maximum absolute atomic E-state index is 12.0. The van der Waals surface area contributed by atoms with Gasteiger partial charge in [-0.1, -0.05) is 11.6 Å². The highest BCUT2D eigenvalue weighted by Crippen LogP contribution is 2.22. The number of carbonyl (C=O) groups is 1. The number of nitrogens with two attached hydrogens (primary N) is 1. The molecule has 9 heteroatoms. The van der Waals surface area contributed by atoms with Gasteiger partial charge in [0, 0.05) is 31.6 Å². The predicted octanol–water partition coefficient (Wildman–Crippen LogP) is 0.353. The fourth-order valence-corrected chi connectivity index (χ4v) is 2.92. The van der Waals surface area contributed by atoms with Crippen molar-refractivity contribution in [3.63, 3.8) is 0 Å². The van der Waals surface area contributed by atoms with Gasteiger partial charge in [-0.2, -0.15) is 0 Å². The van der Waals surface area contributed by atoms with Crippen molar-refractivity contribution in [2.75, 3.05) is 32.5 Å². The quantitative estimate of drug-likeness (QED) is 0.469. The number of hydrogen-bond acceptors (Lipinski definition) is 5. The van der Waals surface area contributed by atoms with E-state index in [0.29, 0.717) is 13.2 Å². The number of benzene rings is 1. The van der Waals surface area contributed by atoms with Crippen LogP contribution >= 0.6 is 11.6 Å². The smallest absolute Gasteiger partial charge is 0.242 e. The van der Waals surface area contributed by atoms with Crippen LogP contribution in [0.25, 0.3) is 0 Å². The molecule has 118 valence electrons. The molecule has 0 saturated heterocycles. The zero-order valence-electron chi connectivity index (χ0n) is 11.6. The third-order valence-electron chi connectivity index (χ3n) is 2.54. The molecule has 1 aromatic rings. The predicted molar refractivity (Wildman–Crippen MR) is 80.6 cm³/mol. The van der Waals surface area contributed by atoms with Crippen LogP contribution in [0.15, 0.2) is 23.1 Å². The SMILES string of the molecule is COCCNC(=O)CCNS(=O)(=O)c1cc(Cl)ccc1N. The van der Waals surface area contributed by atoms with Gasteiger partial charge in [-0.25, -0.2) is 13.1 Å². The number of anilines is 1. The molecule has 0 heterocycles. The number of amides is 1. The lowest BCUT2D eigenvalue weighted by atomic mass is 10.3. The van der Waals surface area contributed by atoms with Crippen LogP contribution < -0.4 is 15.8 Å². The number of methoxy groups -OCH3 is 1. The Balaban J connectivity index is 2.54. The topological polar surface area (TPSA) is 111 Å². The summed E-state index contributed by atoms with van der Waals surface area (Å²) < 4.78 is 31.2. The monoisotopic (exact) mass is 335 g/mol. The van der Waals surface area contributed by atoms with Crippen molar-refractivity contribution in [2.45, 2.75) is 11.3 Å². The third-order valence-corrected chi connectivity index (χ3v) is 4.29. The maximum atomic E-state index is 12.0. The van der Waals surface area contributed by atoms with Crippen LogP contribution in [0.2, 0.25) is 5.02 Å². The molecule has 1 rings (SSSR count). The minimum absolute atomic E-state index is 0.0173. The Bertz CT molecular complexity index is 592. The summed E-state index contributed by atoms with van der Waals surface area (Å²) in [7, 11) is -2.27. The Kier molecular flexibility index (Phi) is 6.90. The standard InChI is InChI=1S/C12H18ClN3O4S/c1-20-7-6-15-12(17)4-5-16-21(18,19)11-8-9(13)2-3-10(11)14/h2-3,8,16H,4-7,14H2,1H3,(H,15,17). The number of ether oxygens (including phenoxy) is 1. The van der Waals surface area contributed by atoms with Crippen LogP contribution in [-0.4, -0.2) is 41.1 Å². The van der Waals surface area contributed by atoms with Crippen molar-refractivity contribution < 1.29 is 17.9 Å². The lowest BCUT2D eigenvalue weighted by Gasteiger charge is -2.09. The van der Waals surface area contributed by atoms with Gasteiger partial charge in [0.1, 0.15) is 4.90 Å². The Labute approximate surface area is 128 Å². The molecule has 0 aliphatic carbocycles. The van der Waals surface area contributed by atoms with E-state index in [4.69, 9.17) is 22.1 Å². The van der Waals surface area contributed by atoms with Crippen molar-refractivity contribution in [1.29, 1.82) is 0 Å². The fourth-order valence-electron chi connectivity index (χ4n) is 1.50. The van der Waals surface area contributed by atoms with Crippen molar-refractivity contribution in [3.05, 3.63) is 23.2 Å². The first-order chi connectivity index (χ1) is 9.86. The molecule has 0 unspecified atom stereocenters. The second-order valence-electron chi connectivity index (χ2n) is 4.17. The van der Waals surface area contributed by atoms with Crippen LogP contribution in [-0.2, 0) is 19.6 Å². The average Bonchev–Trinajstić information content (AvgIpc) is 2.41. The van der Waals surface area contributed by atoms with Gasteiger partial charge < -0.3 is 15.8 Å². The van der Waals surface area contributed by atoms with E-state index < -0.39 is 10.0 Å². The first-order valence-electron chi connectivity index (χ1n) is 6.17. The summed E-state index contributed by atoms with van der Waals surface area (Å²) in [5.74, 6) is -0.270. The van der Waals surface area contributed by atoms with E-state index in [1.54, 1.807) is 0 Å². The molecule has 0 fully saturated rings. The molecule has 0 saturated carbocycles. The second-order valence-corrected chi connectivity index (χ2v) is 6.34. The lowest BCUT2D eigenvalue weighted by molar-refractivity contribution is -0.121. The molecule has 21 heavy (non-hydrogen) atoms. The van der Waals surface area contributed by atoms with Crippen LogP contribution in [0.3, 0.4) is 0 Å². The first kappa shape index (κ1) is 17.7. The number of carbonyl (C=O) groups excluding carboxylic acids is 1. The van der Waals surface area contributed by atoms with Crippen molar-refractivity contribution in [2.24, 2.45) is 0 Å². The van der Waals surface area contributed by atoms with E-state index >= 15 is 0 Å². The Morgan fingerprint density at radius 3 is 2.76 bits per heavy atom. The first-order valence-corrected chi connectivity index (χ1v) is 8.03. The lowest BCUT2D eigenvalue weighted by Crippen LogP contribution is -2.32. The molecule has 7 nitrogen and oxygen atoms in total. The van der Waals surface area contributed by atoms with Crippen LogP contribution in [0.5, 0.6) is 0 Å². The molecular formula is C12H18ClN3O4S. The normalized spacial score (nSPS) is 11.3. The van der Waals surface area contributed by atoms with Crippen LogP contribution in [0.1, 0.15) is 6.42 Å². The summed E-state index contributed by atoms with van der Waals surface area (Å²) >= 11 is 5.75. The largest absolute Gasteiger partial charge is 0.398 e. The molecule has 0 radical (unpaired) electrons. The highest BCUT2D eigenvalue weighted by atomic mass is 35.5. The third kappa shape index (κ3) is 5.88. The van der Waals surface area contributed by atoms with E-state index in [1.807, 2.05) is 0 Å². The van der Waals surface area contributed by atoms with Crippen molar-refractivity contribution >= 4 is 33.2 Å². The molecular weight excluding hydrogens is 318 g/mol. The van der Waals surface area contributed by atoms with E-state index in [0.717, 1.165) is 0 Å². The Morgan fingerprint density at radius 1 is 1.38 bits per heavy atom. The van der Waals surface area contributed by atoms with E-state index in [-0.39, 0.29) is 34.5 Å². The summed E-state index contributed by atoms with van der Waals surface area (Å²) in [6.07, 6.45) is 0.0173. The second kappa shape index (κ2) is 8.18. The summed E-state index contributed by atoms with van der Waals surface area (Å²) in [5.41, 5.74) is 5.71. The Hall–Kier alpha value is -1.35. The maximum Gasteiger partial charge on any atom is 0.242 e. The molecule has 0 bridgehead atoms.